The predicted molar refractivity (Wildman–Crippen MR) is 105 cm³/mol. The van der Waals surface area contributed by atoms with E-state index in [1.165, 1.54) is 6.33 Å². The van der Waals surface area contributed by atoms with Crippen LogP contribution in [0.2, 0.25) is 5.02 Å². The minimum atomic E-state index is -0.299. The predicted octanol–water partition coefficient (Wildman–Crippen LogP) is 3.20. The van der Waals surface area contributed by atoms with E-state index in [0.717, 1.165) is 18.4 Å². The van der Waals surface area contributed by atoms with Crippen LogP contribution in [-0.4, -0.2) is 26.3 Å². The number of amides is 2. The number of carbonyl (C=O) groups excluding carboxylic acids is 2. The minimum Gasteiger partial charge on any atom is -0.347 e. The summed E-state index contributed by atoms with van der Waals surface area (Å²) in [6.45, 7) is 0.318. The summed E-state index contributed by atoms with van der Waals surface area (Å²) in [6.07, 6.45) is 6.62. The number of aromatic nitrogens is 3. The normalized spacial score (nSPS) is 13.2. The summed E-state index contributed by atoms with van der Waals surface area (Å²) in [5, 5.41) is 6.25. The fourth-order valence-electron chi connectivity index (χ4n) is 2.68. The van der Waals surface area contributed by atoms with E-state index in [4.69, 9.17) is 11.6 Å². The molecule has 0 saturated heterocycles. The summed E-state index contributed by atoms with van der Waals surface area (Å²) in [4.78, 5) is 32.6. The van der Waals surface area contributed by atoms with Gasteiger partial charge in [-0.3, -0.25) is 14.2 Å². The number of halogens is 1. The second-order valence-electron chi connectivity index (χ2n) is 6.61. The number of benzene rings is 1. The Bertz CT molecular complexity index is 1010. The third kappa shape index (κ3) is 4.20. The minimum absolute atomic E-state index is 0.0367. The highest BCUT2D eigenvalue weighted by Gasteiger charge is 2.29. The van der Waals surface area contributed by atoms with Crippen LogP contribution in [0.15, 0.2) is 55.1 Å². The Morgan fingerprint density at radius 3 is 2.68 bits per heavy atom. The Morgan fingerprint density at radius 1 is 1.14 bits per heavy atom. The van der Waals surface area contributed by atoms with Crippen LogP contribution < -0.4 is 10.6 Å². The van der Waals surface area contributed by atoms with Crippen molar-refractivity contribution in [3.63, 3.8) is 0 Å². The van der Waals surface area contributed by atoms with Crippen LogP contribution in [0.5, 0.6) is 0 Å². The Labute approximate surface area is 166 Å². The van der Waals surface area contributed by atoms with Gasteiger partial charge in [-0.05, 0) is 36.6 Å². The summed E-state index contributed by atoms with van der Waals surface area (Å²) in [5.41, 5.74) is 1.76. The third-order valence-corrected chi connectivity index (χ3v) is 4.81. The molecule has 4 rings (SSSR count). The summed E-state index contributed by atoms with van der Waals surface area (Å²) < 4.78 is 1.65. The van der Waals surface area contributed by atoms with Gasteiger partial charge in [-0.2, -0.15) is 0 Å². The SMILES string of the molecule is O=C(NCc1ccccc1Cl)c1cn(-c2ccc(NC(=O)C3CC3)cn2)cn1. The molecule has 1 saturated carbocycles. The van der Waals surface area contributed by atoms with Gasteiger partial charge in [0.15, 0.2) is 0 Å². The molecule has 0 atom stereocenters. The van der Waals surface area contributed by atoms with E-state index in [-0.39, 0.29) is 23.4 Å². The number of hydrogen-bond acceptors (Lipinski definition) is 4. The van der Waals surface area contributed by atoms with Gasteiger partial charge < -0.3 is 10.6 Å². The Morgan fingerprint density at radius 2 is 1.96 bits per heavy atom. The monoisotopic (exact) mass is 395 g/mol. The molecule has 2 amide bonds. The van der Waals surface area contributed by atoms with Crippen LogP contribution in [0.4, 0.5) is 5.69 Å². The van der Waals surface area contributed by atoms with Gasteiger partial charge in [0.25, 0.3) is 5.91 Å². The number of nitrogens with one attached hydrogen (secondary N) is 2. The zero-order valence-electron chi connectivity index (χ0n) is 14.9. The molecule has 0 spiro atoms. The first-order valence-electron chi connectivity index (χ1n) is 8.93. The average Bonchev–Trinajstić information content (AvgIpc) is 3.45. The number of imidazole rings is 1. The molecule has 2 N–H and O–H groups in total. The van der Waals surface area contributed by atoms with Crippen LogP contribution >= 0.6 is 11.6 Å². The second kappa shape index (κ2) is 7.82. The number of hydrogen-bond donors (Lipinski definition) is 2. The van der Waals surface area contributed by atoms with E-state index in [9.17, 15) is 9.59 Å². The van der Waals surface area contributed by atoms with Gasteiger partial charge in [-0.15, -0.1) is 0 Å². The lowest BCUT2D eigenvalue weighted by Crippen LogP contribution is -2.23. The zero-order chi connectivity index (χ0) is 19.5. The number of rotatable bonds is 6. The topological polar surface area (TPSA) is 88.9 Å². The fourth-order valence-corrected chi connectivity index (χ4v) is 2.88. The van der Waals surface area contributed by atoms with Crippen molar-refractivity contribution in [3.8, 4) is 5.82 Å². The van der Waals surface area contributed by atoms with Crippen molar-refractivity contribution >= 4 is 29.1 Å². The molecule has 7 nitrogen and oxygen atoms in total. The lowest BCUT2D eigenvalue weighted by atomic mass is 10.2. The quantitative estimate of drug-likeness (QED) is 0.670. The van der Waals surface area contributed by atoms with E-state index >= 15 is 0 Å². The molecule has 1 aromatic carbocycles. The number of nitrogens with zero attached hydrogens (tertiary/aromatic N) is 3. The lowest BCUT2D eigenvalue weighted by Gasteiger charge is -2.06. The Kier molecular flexibility index (Phi) is 5.08. The van der Waals surface area contributed by atoms with Gasteiger partial charge in [0, 0.05) is 23.7 Å². The van der Waals surface area contributed by atoms with E-state index in [1.54, 1.807) is 35.2 Å². The van der Waals surface area contributed by atoms with Gasteiger partial charge in [-0.25, -0.2) is 9.97 Å². The van der Waals surface area contributed by atoms with Gasteiger partial charge >= 0.3 is 0 Å². The highest BCUT2D eigenvalue weighted by atomic mass is 35.5. The number of anilines is 1. The molecule has 0 bridgehead atoms. The van der Waals surface area contributed by atoms with Crippen molar-refractivity contribution in [3.05, 3.63) is 71.4 Å². The lowest BCUT2D eigenvalue weighted by molar-refractivity contribution is -0.117. The Balaban J connectivity index is 1.38. The maximum Gasteiger partial charge on any atom is 0.271 e. The molecule has 1 fully saturated rings. The van der Waals surface area contributed by atoms with Crippen LogP contribution in [0.3, 0.4) is 0 Å². The maximum atomic E-state index is 12.3. The Hall–Kier alpha value is -3.19. The average molecular weight is 396 g/mol. The largest absolute Gasteiger partial charge is 0.347 e. The molecule has 2 heterocycles. The van der Waals surface area contributed by atoms with Crippen LogP contribution in [0, 0.1) is 5.92 Å². The van der Waals surface area contributed by atoms with Crippen molar-refractivity contribution in [2.75, 3.05) is 5.32 Å². The molecule has 0 unspecified atom stereocenters. The summed E-state index contributed by atoms with van der Waals surface area (Å²) in [7, 11) is 0. The molecule has 1 aliphatic carbocycles. The number of pyridine rings is 1. The van der Waals surface area contributed by atoms with Crippen molar-refractivity contribution < 1.29 is 9.59 Å². The van der Waals surface area contributed by atoms with Crippen LogP contribution in [0.25, 0.3) is 5.82 Å². The van der Waals surface area contributed by atoms with Crippen molar-refractivity contribution in [2.45, 2.75) is 19.4 Å². The van der Waals surface area contributed by atoms with E-state index in [1.807, 2.05) is 18.2 Å². The molecule has 8 heteroatoms. The fraction of sp³-hybridized carbons (Fsp3) is 0.200. The van der Waals surface area contributed by atoms with Gasteiger partial charge in [0.2, 0.25) is 5.91 Å². The standard InChI is InChI=1S/C20H18ClN5O2/c21-16-4-2-1-3-14(16)9-23-20(28)17-11-26(12-24-17)18-8-7-15(10-22-18)25-19(27)13-5-6-13/h1-4,7-8,10-13H,5-6,9H2,(H,23,28)(H,25,27). The smallest absolute Gasteiger partial charge is 0.271 e. The summed E-state index contributed by atoms with van der Waals surface area (Å²) in [6, 6.07) is 10.9. The maximum absolute atomic E-state index is 12.3. The number of carbonyl (C=O) groups is 2. The summed E-state index contributed by atoms with van der Waals surface area (Å²) >= 11 is 6.10. The molecule has 1 aliphatic rings. The second-order valence-corrected chi connectivity index (χ2v) is 7.02. The van der Waals surface area contributed by atoms with Crippen LogP contribution in [-0.2, 0) is 11.3 Å². The molecule has 0 aliphatic heterocycles. The molecular formula is C20H18ClN5O2. The van der Waals surface area contributed by atoms with E-state index in [0.29, 0.717) is 23.1 Å². The first kappa shape index (κ1) is 18.2. The van der Waals surface area contributed by atoms with Crippen molar-refractivity contribution in [1.82, 2.24) is 19.9 Å². The summed E-state index contributed by atoms with van der Waals surface area (Å²) in [5.74, 6) is 0.476. The molecule has 0 radical (unpaired) electrons. The van der Waals surface area contributed by atoms with Crippen LogP contribution in [0.1, 0.15) is 28.9 Å². The first-order valence-corrected chi connectivity index (χ1v) is 9.31. The zero-order valence-corrected chi connectivity index (χ0v) is 15.7. The molecular weight excluding hydrogens is 378 g/mol. The molecule has 28 heavy (non-hydrogen) atoms. The van der Waals surface area contributed by atoms with Gasteiger partial charge in [0.05, 0.1) is 11.9 Å². The highest BCUT2D eigenvalue weighted by molar-refractivity contribution is 6.31. The van der Waals surface area contributed by atoms with Gasteiger partial charge in [-0.1, -0.05) is 29.8 Å². The third-order valence-electron chi connectivity index (χ3n) is 4.44. The highest BCUT2D eigenvalue weighted by Crippen LogP contribution is 2.30. The van der Waals surface area contributed by atoms with Gasteiger partial charge in [0.1, 0.15) is 17.8 Å². The van der Waals surface area contributed by atoms with Crippen molar-refractivity contribution in [2.24, 2.45) is 5.92 Å². The van der Waals surface area contributed by atoms with E-state index in [2.05, 4.69) is 20.6 Å². The molecule has 3 aromatic rings. The van der Waals surface area contributed by atoms with E-state index < -0.39 is 0 Å². The molecule has 2 aromatic heterocycles. The first-order chi connectivity index (χ1) is 13.6. The molecule has 142 valence electrons. The van der Waals surface area contributed by atoms with Crippen molar-refractivity contribution in [1.29, 1.82) is 0 Å².